The number of hydrogen-bond donors (Lipinski definition) is 1. The minimum Gasteiger partial charge on any atom is -0.388 e. The average molecular weight is 510 g/mol. The molecule has 35 heavy (non-hydrogen) atoms. The Morgan fingerprint density at radius 3 is 2.31 bits per heavy atom. The maximum Gasteiger partial charge on any atom is 0.430 e. The molecule has 0 bridgehead atoms. The summed E-state index contributed by atoms with van der Waals surface area (Å²) in [6.07, 6.45) is -3.65. The van der Waals surface area contributed by atoms with E-state index in [2.05, 4.69) is 55.5 Å². The summed E-state index contributed by atoms with van der Waals surface area (Å²) in [7, 11) is 0. The molecule has 1 amide bonds. The normalized spacial score (nSPS) is 18.2. The van der Waals surface area contributed by atoms with Crippen LogP contribution < -0.4 is 5.32 Å². The van der Waals surface area contributed by atoms with Crippen LogP contribution in [0.2, 0.25) is 5.02 Å². The third kappa shape index (κ3) is 5.90. The number of rotatable bonds is 3. The smallest absolute Gasteiger partial charge is 0.388 e. The number of piperidine rings is 1. The summed E-state index contributed by atoms with van der Waals surface area (Å²) in [5, 5.41) is 8.05. The molecule has 188 valence electrons. The van der Waals surface area contributed by atoms with Crippen LogP contribution in [0.25, 0.3) is 0 Å². The van der Waals surface area contributed by atoms with Crippen molar-refractivity contribution in [2.24, 2.45) is 5.16 Å². The van der Waals surface area contributed by atoms with Crippen LogP contribution in [0.1, 0.15) is 56.7 Å². The number of carbonyl (C=O) groups is 1. The van der Waals surface area contributed by atoms with Gasteiger partial charge in [0.05, 0.1) is 22.0 Å². The maximum absolute atomic E-state index is 12.9. The van der Waals surface area contributed by atoms with Gasteiger partial charge in [-0.25, -0.2) is 4.79 Å². The molecule has 10 heteroatoms. The van der Waals surface area contributed by atoms with Crippen LogP contribution in [-0.4, -0.2) is 35.6 Å². The number of anilines is 1. The van der Waals surface area contributed by atoms with Crippen LogP contribution in [-0.2, 0) is 21.3 Å². The molecular formula is C25H27ClF3N3O3. The summed E-state index contributed by atoms with van der Waals surface area (Å²) in [6, 6.07) is 11.0. The summed E-state index contributed by atoms with van der Waals surface area (Å²) in [5.41, 5.74) is 1.67. The zero-order valence-corrected chi connectivity index (χ0v) is 20.5. The van der Waals surface area contributed by atoms with Crippen molar-refractivity contribution in [2.75, 3.05) is 18.4 Å². The molecule has 0 unspecified atom stereocenters. The first-order chi connectivity index (χ1) is 16.3. The van der Waals surface area contributed by atoms with E-state index in [1.54, 1.807) is 0 Å². The van der Waals surface area contributed by atoms with Crippen LogP contribution >= 0.6 is 11.6 Å². The topological polar surface area (TPSA) is 63.2 Å². The molecule has 1 saturated heterocycles. The minimum atomic E-state index is -4.55. The summed E-state index contributed by atoms with van der Waals surface area (Å²) in [4.78, 5) is 23.4. The van der Waals surface area contributed by atoms with Crippen molar-refractivity contribution in [3.05, 3.63) is 64.2 Å². The highest BCUT2D eigenvalue weighted by atomic mass is 35.5. The molecule has 0 radical (unpaired) electrons. The van der Waals surface area contributed by atoms with Crippen LogP contribution in [0.3, 0.4) is 0 Å². The summed E-state index contributed by atoms with van der Waals surface area (Å²) in [5.74, 6) is 0. The van der Waals surface area contributed by atoms with Gasteiger partial charge in [-0.05, 0) is 34.7 Å². The molecule has 0 aliphatic carbocycles. The van der Waals surface area contributed by atoms with Gasteiger partial charge in [0, 0.05) is 32.4 Å². The van der Waals surface area contributed by atoms with E-state index in [9.17, 15) is 18.0 Å². The lowest BCUT2D eigenvalue weighted by Gasteiger charge is -2.35. The predicted octanol–water partition coefficient (Wildman–Crippen LogP) is 6.78. The van der Waals surface area contributed by atoms with Gasteiger partial charge >= 0.3 is 12.3 Å². The van der Waals surface area contributed by atoms with Gasteiger partial charge in [-0.15, -0.1) is 5.06 Å². The highest BCUT2D eigenvalue weighted by Gasteiger charge is 2.43. The minimum absolute atomic E-state index is 0.0212. The third-order valence-corrected chi connectivity index (χ3v) is 6.63. The van der Waals surface area contributed by atoms with E-state index in [0.29, 0.717) is 32.4 Å². The molecule has 6 nitrogen and oxygen atoms in total. The molecule has 2 aliphatic heterocycles. The van der Waals surface area contributed by atoms with Crippen LogP contribution in [0, 0.1) is 0 Å². The highest BCUT2D eigenvalue weighted by Crippen LogP contribution is 2.37. The Bertz CT molecular complexity index is 1120. The Hall–Kier alpha value is -2.78. The molecule has 1 spiro atoms. The average Bonchev–Trinajstić information content (AvgIpc) is 3.19. The molecule has 2 aromatic rings. The van der Waals surface area contributed by atoms with Gasteiger partial charge in [-0.1, -0.05) is 61.8 Å². The zero-order valence-electron chi connectivity index (χ0n) is 19.7. The number of halogens is 4. The molecular weight excluding hydrogens is 483 g/mol. The Morgan fingerprint density at radius 2 is 1.71 bits per heavy atom. The lowest BCUT2D eigenvalue weighted by atomic mass is 9.84. The number of hydrogen-bond acceptors (Lipinski definition) is 5. The van der Waals surface area contributed by atoms with E-state index in [4.69, 9.17) is 21.3 Å². The van der Waals surface area contributed by atoms with E-state index in [-0.39, 0.29) is 16.1 Å². The summed E-state index contributed by atoms with van der Waals surface area (Å²) < 4.78 is 38.8. The van der Waals surface area contributed by atoms with Gasteiger partial charge in [0.25, 0.3) is 0 Å². The third-order valence-electron chi connectivity index (χ3n) is 6.30. The molecule has 0 saturated carbocycles. The molecule has 0 aromatic heterocycles. The number of hydroxylamine groups is 2. The Balaban J connectivity index is 1.30. The Morgan fingerprint density at radius 1 is 1.09 bits per heavy atom. The lowest BCUT2D eigenvalue weighted by Crippen LogP contribution is -2.45. The first-order valence-corrected chi connectivity index (χ1v) is 11.7. The molecule has 2 aliphatic rings. The first-order valence-electron chi connectivity index (χ1n) is 11.3. The number of nitrogens with zero attached hydrogens (tertiary/aromatic N) is 2. The molecule has 2 heterocycles. The standard InChI is InChI=1S/C25H27ClF3N3O3/c1-23(2,3)17-6-4-16(5-7-17)21-15-24(35-31-21)10-12-32(13-11-24)34-22(33)30-20-14-18(25(27,28)29)8-9-19(20)26/h4-9,14H,10-13,15H2,1-3H3,(H,30,33). The summed E-state index contributed by atoms with van der Waals surface area (Å²) in [6.45, 7) is 7.29. The van der Waals surface area contributed by atoms with Gasteiger partial charge in [0.1, 0.15) is 5.60 Å². The molecule has 1 fully saturated rings. The van der Waals surface area contributed by atoms with Gasteiger partial charge in [-0.2, -0.15) is 13.2 Å². The van der Waals surface area contributed by atoms with Crippen molar-refractivity contribution in [1.29, 1.82) is 0 Å². The predicted molar refractivity (Wildman–Crippen MR) is 127 cm³/mol. The maximum atomic E-state index is 12.9. The lowest BCUT2D eigenvalue weighted by molar-refractivity contribution is -0.154. The van der Waals surface area contributed by atoms with Crippen molar-refractivity contribution >= 4 is 29.1 Å². The number of nitrogens with one attached hydrogen (secondary N) is 1. The quantitative estimate of drug-likeness (QED) is 0.495. The molecule has 1 N–H and O–H groups in total. The fourth-order valence-electron chi connectivity index (χ4n) is 4.14. The van der Waals surface area contributed by atoms with Gasteiger partial charge in [0.15, 0.2) is 0 Å². The van der Waals surface area contributed by atoms with Gasteiger partial charge in [-0.3, -0.25) is 5.32 Å². The highest BCUT2D eigenvalue weighted by molar-refractivity contribution is 6.33. The monoisotopic (exact) mass is 509 g/mol. The molecule has 0 atom stereocenters. The second-order valence-corrected chi connectivity index (χ2v) is 10.3. The van der Waals surface area contributed by atoms with Crippen molar-refractivity contribution in [3.8, 4) is 0 Å². The number of carbonyl (C=O) groups excluding carboxylic acids is 1. The largest absolute Gasteiger partial charge is 0.430 e. The number of oxime groups is 1. The van der Waals surface area contributed by atoms with E-state index >= 15 is 0 Å². The summed E-state index contributed by atoms with van der Waals surface area (Å²) >= 11 is 5.93. The SMILES string of the molecule is CC(C)(C)c1ccc(C2=NOC3(CCN(OC(=O)Nc4cc(C(F)(F)F)ccc4Cl)CC3)C2)cc1. The Labute approximate surface area is 207 Å². The second kappa shape index (κ2) is 9.35. The number of alkyl halides is 3. The van der Waals surface area contributed by atoms with E-state index < -0.39 is 23.4 Å². The van der Waals surface area contributed by atoms with E-state index in [1.165, 1.54) is 10.6 Å². The Kier molecular flexibility index (Phi) is 6.76. The van der Waals surface area contributed by atoms with Gasteiger partial charge in [0.2, 0.25) is 0 Å². The second-order valence-electron chi connectivity index (χ2n) is 9.94. The number of benzene rings is 2. The van der Waals surface area contributed by atoms with Crippen molar-refractivity contribution in [1.82, 2.24) is 5.06 Å². The van der Waals surface area contributed by atoms with Crippen LogP contribution in [0.4, 0.5) is 23.7 Å². The van der Waals surface area contributed by atoms with E-state index in [0.717, 1.165) is 29.5 Å². The van der Waals surface area contributed by atoms with E-state index in [1.807, 2.05) is 0 Å². The first kappa shape index (κ1) is 25.3. The molecule has 2 aromatic carbocycles. The van der Waals surface area contributed by atoms with Crippen LogP contribution in [0.15, 0.2) is 47.6 Å². The van der Waals surface area contributed by atoms with Gasteiger partial charge < -0.3 is 9.68 Å². The zero-order chi connectivity index (χ0) is 25.4. The van der Waals surface area contributed by atoms with Crippen molar-refractivity contribution in [2.45, 2.75) is 57.2 Å². The van der Waals surface area contributed by atoms with Crippen LogP contribution in [0.5, 0.6) is 0 Å². The number of amides is 1. The molecule has 4 rings (SSSR count). The fraction of sp³-hybridized carbons (Fsp3) is 0.440. The van der Waals surface area contributed by atoms with Crippen molar-refractivity contribution < 1.29 is 27.6 Å². The van der Waals surface area contributed by atoms with Crippen molar-refractivity contribution in [3.63, 3.8) is 0 Å². The fourth-order valence-corrected chi connectivity index (χ4v) is 4.30.